The molecule has 1 aliphatic rings. The number of rotatable bonds is 5. The number of hydrogen-bond donors (Lipinski definition) is 1. The number of hydrogen-bond acceptors (Lipinski definition) is 3. The molecular weight excluding hydrogens is 405 g/mol. The lowest BCUT2D eigenvalue weighted by Gasteiger charge is -2.09. The van der Waals surface area contributed by atoms with E-state index < -0.39 is 33.2 Å². The van der Waals surface area contributed by atoms with Crippen LogP contribution in [0, 0.1) is 5.82 Å². The van der Waals surface area contributed by atoms with Crippen LogP contribution in [0.2, 0.25) is 0 Å². The van der Waals surface area contributed by atoms with Crippen molar-refractivity contribution in [1.82, 2.24) is 4.57 Å². The number of carbonyl (C=O) groups excluding carboxylic acids is 1. The first-order valence-corrected chi connectivity index (χ1v) is 10.4. The molecule has 4 rings (SSSR count). The van der Waals surface area contributed by atoms with E-state index in [1.165, 1.54) is 41.9 Å². The maximum atomic E-state index is 14.5. The Balaban J connectivity index is 2.07. The highest BCUT2D eigenvalue weighted by atomic mass is 32.2. The van der Waals surface area contributed by atoms with Crippen molar-refractivity contribution in [2.75, 3.05) is 0 Å². The lowest BCUT2D eigenvalue weighted by Crippen LogP contribution is -2.14. The molecule has 2 N–H and O–H groups in total. The van der Waals surface area contributed by atoms with Crippen LogP contribution >= 0.6 is 0 Å². The van der Waals surface area contributed by atoms with Gasteiger partial charge in [0.2, 0.25) is 0 Å². The largest absolute Gasteiger partial charge is 0.366 e. The molecule has 0 aliphatic heterocycles. The molecule has 0 spiro atoms. The van der Waals surface area contributed by atoms with Crippen LogP contribution in [0.15, 0.2) is 41.4 Å². The zero-order valence-electron chi connectivity index (χ0n) is 15.3. The third-order valence-electron chi connectivity index (χ3n) is 5.18. The fourth-order valence-electron chi connectivity index (χ4n) is 3.56. The molecular formula is C20H17F3N2O3S. The SMILES string of the molecule is Cn1c(S(=O)(=O)C2CC2)c(-c2ccc(C(F)F)cc2)c2cc(F)c(C(N)=O)cc21. The van der Waals surface area contributed by atoms with Crippen molar-refractivity contribution in [2.45, 2.75) is 29.5 Å². The first kappa shape index (κ1) is 19.5. The summed E-state index contributed by atoms with van der Waals surface area (Å²) in [5.41, 5.74) is 5.57. The van der Waals surface area contributed by atoms with E-state index in [1.807, 2.05) is 0 Å². The van der Waals surface area contributed by atoms with Crippen LogP contribution in [-0.4, -0.2) is 24.1 Å². The van der Waals surface area contributed by atoms with Gasteiger partial charge in [-0.25, -0.2) is 21.6 Å². The Morgan fingerprint density at radius 1 is 1.17 bits per heavy atom. The molecule has 0 bridgehead atoms. The van der Waals surface area contributed by atoms with Crippen molar-refractivity contribution in [3.05, 3.63) is 53.3 Å². The summed E-state index contributed by atoms with van der Waals surface area (Å²) >= 11 is 0. The smallest absolute Gasteiger partial charge is 0.263 e. The molecule has 0 saturated heterocycles. The van der Waals surface area contributed by atoms with Crippen molar-refractivity contribution < 1.29 is 26.4 Å². The number of primary amides is 1. The number of carbonyl (C=O) groups is 1. The van der Waals surface area contributed by atoms with E-state index in [2.05, 4.69) is 0 Å². The average molecular weight is 422 g/mol. The van der Waals surface area contributed by atoms with Gasteiger partial charge in [0.15, 0.2) is 9.84 Å². The van der Waals surface area contributed by atoms with Gasteiger partial charge in [0.05, 0.1) is 16.3 Å². The first-order chi connectivity index (χ1) is 13.6. The van der Waals surface area contributed by atoms with Gasteiger partial charge in [-0.1, -0.05) is 24.3 Å². The number of fused-ring (bicyclic) bond motifs is 1. The van der Waals surface area contributed by atoms with Gasteiger partial charge in [-0.2, -0.15) is 0 Å². The molecule has 1 saturated carbocycles. The zero-order valence-corrected chi connectivity index (χ0v) is 16.1. The topological polar surface area (TPSA) is 82.2 Å². The molecule has 29 heavy (non-hydrogen) atoms. The first-order valence-electron chi connectivity index (χ1n) is 8.87. The van der Waals surface area contributed by atoms with Gasteiger partial charge >= 0.3 is 0 Å². The minimum absolute atomic E-state index is 0.0270. The minimum atomic E-state index is -3.73. The number of aryl methyl sites for hydroxylation is 1. The number of aromatic nitrogens is 1. The van der Waals surface area contributed by atoms with Crippen molar-refractivity contribution in [1.29, 1.82) is 0 Å². The maximum Gasteiger partial charge on any atom is 0.263 e. The molecule has 0 unspecified atom stereocenters. The van der Waals surface area contributed by atoms with Gasteiger partial charge < -0.3 is 10.3 Å². The van der Waals surface area contributed by atoms with E-state index in [9.17, 15) is 26.4 Å². The summed E-state index contributed by atoms with van der Waals surface area (Å²) in [6.45, 7) is 0. The van der Waals surface area contributed by atoms with Crippen LogP contribution in [-0.2, 0) is 16.9 Å². The Hall–Kier alpha value is -2.81. The highest BCUT2D eigenvalue weighted by Gasteiger charge is 2.41. The lowest BCUT2D eigenvalue weighted by molar-refractivity contribution is 0.0996. The number of benzene rings is 2. The Labute approximate surface area is 164 Å². The normalized spacial score (nSPS) is 14.7. The monoisotopic (exact) mass is 422 g/mol. The van der Waals surface area contributed by atoms with Crippen LogP contribution in [0.4, 0.5) is 13.2 Å². The van der Waals surface area contributed by atoms with E-state index in [4.69, 9.17) is 5.73 Å². The molecule has 152 valence electrons. The Morgan fingerprint density at radius 3 is 2.31 bits per heavy atom. The molecule has 3 aromatic rings. The zero-order chi connectivity index (χ0) is 21.1. The van der Waals surface area contributed by atoms with Crippen LogP contribution in [0.3, 0.4) is 0 Å². The minimum Gasteiger partial charge on any atom is -0.366 e. The van der Waals surface area contributed by atoms with Gasteiger partial charge in [-0.05, 0) is 30.5 Å². The fraction of sp³-hybridized carbons (Fsp3) is 0.250. The molecule has 2 aromatic carbocycles. The van der Waals surface area contributed by atoms with Crippen LogP contribution < -0.4 is 5.73 Å². The molecule has 0 atom stereocenters. The van der Waals surface area contributed by atoms with Crippen molar-refractivity contribution in [3.63, 3.8) is 0 Å². The lowest BCUT2D eigenvalue weighted by atomic mass is 10.0. The van der Waals surface area contributed by atoms with Gasteiger partial charge in [-0.3, -0.25) is 4.79 Å². The fourth-order valence-corrected chi connectivity index (χ4v) is 5.63. The number of alkyl halides is 2. The second-order valence-electron chi connectivity index (χ2n) is 7.12. The highest BCUT2D eigenvalue weighted by Crippen LogP contribution is 2.43. The maximum absolute atomic E-state index is 14.5. The molecule has 9 heteroatoms. The third kappa shape index (κ3) is 3.09. The third-order valence-corrected chi connectivity index (χ3v) is 7.55. The Kier molecular flexibility index (Phi) is 4.45. The number of nitrogens with two attached hydrogens (primary N) is 1. The van der Waals surface area contributed by atoms with E-state index in [1.54, 1.807) is 0 Å². The molecule has 5 nitrogen and oxygen atoms in total. The molecule has 1 fully saturated rings. The van der Waals surface area contributed by atoms with Gasteiger partial charge in [0.25, 0.3) is 12.3 Å². The molecule has 0 radical (unpaired) electrons. The summed E-state index contributed by atoms with van der Waals surface area (Å²) < 4.78 is 68.0. The molecule has 1 heterocycles. The number of sulfone groups is 1. The summed E-state index contributed by atoms with van der Waals surface area (Å²) in [4.78, 5) is 11.5. The van der Waals surface area contributed by atoms with Crippen LogP contribution in [0.25, 0.3) is 22.0 Å². The summed E-state index contributed by atoms with van der Waals surface area (Å²) in [5.74, 6) is -1.85. The van der Waals surface area contributed by atoms with E-state index in [-0.39, 0.29) is 27.1 Å². The molecule has 1 aliphatic carbocycles. The van der Waals surface area contributed by atoms with E-state index in [0.717, 1.165) is 6.07 Å². The summed E-state index contributed by atoms with van der Waals surface area (Å²) in [7, 11) is -2.22. The highest BCUT2D eigenvalue weighted by molar-refractivity contribution is 7.92. The molecule has 1 aromatic heterocycles. The van der Waals surface area contributed by atoms with Crippen molar-refractivity contribution in [2.24, 2.45) is 12.8 Å². The van der Waals surface area contributed by atoms with Crippen LogP contribution in [0.1, 0.15) is 35.2 Å². The van der Waals surface area contributed by atoms with Crippen molar-refractivity contribution in [3.8, 4) is 11.1 Å². The summed E-state index contributed by atoms with van der Waals surface area (Å²) in [5, 5.41) is -0.301. The van der Waals surface area contributed by atoms with E-state index >= 15 is 0 Å². The van der Waals surface area contributed by atoms with E-state index in [0.29, 0.717) is 23.9 Å². The average Bonchev–Trinajstić information content (AvgIpc) is 3.47. The standard InChI is InChI=1S/C20H17F3N2O3S/c1-25-16-9-13(19(24)26)15(21)8-14(16)17(20(25)29(27,28)12-6-7-12)10-2-4-11(5-3-10)18(22)23/h2-5,8-9,12,18H,6-7H2,1H3,(H2,24,26). The van der Waals surface area contributed by atoms with Crippen molar-refractivity contribution >= 4 is 26.6 Å². The predicted octanol–water partition coefficient (Wildman–Crippen LogP) is 3.96. The van der Waals surface area contributed by atoms with Gasteiger partial charge in [0.1, 0.15) is 10.8 Å². The summed E-state index contributed by atoms with van der Waals surface area (Å²) in [6.07, 6.45) is -1.62. The Bertz CT molecular complexity index is 1240. The Morgan fingerprint density at radius 2 is 1.79 bits per heavy atom. The second-order valence-corrected chi connectivity index (χ2v) is 9.26. The van der Waals surface area contributed by atoms with Gasteiger partial charge in [0, 0.05) is 23.6 Å². The second kappa shape index (κ2) is 6.62. The number of amides is 1. The summed E-state index contributed by atoms with van der Waals surface area (Å²) in [6, 6.07) is 7.48. The number of halogens is 3. The quantitative estimate of drug-likeness (QED) is 0.676. The number of nitrogens with zero attached hydrogens (tertiary/aromatic N) is 1. The van der Waals surface area contributed by atoms with Crippen LogP contribution in [0.5, 0.6) is 0 Å². The predicted molar refractivity (Wildman–Crippen MR) is 102 cm³/mol. The molecule has 1 amide bonds. The van der Waals surface area contributed by atoms with Gasteiger partial charge in [-0.15, -0.1) is 0 Å².